The smallest absolute Gasteiger partial charge is 0.227 e. The first-order valence-corrected chi connectivity index (χ1v) is 8.17. The van der Waals surface area contributed by atoms with E-state index in [9.17, 15) is 0 Å². The zero-order chi connectivity index (χ0) is 14.7. The van der Waals surface area contributed by atoms with Gasteiger partial charge in [0.25, 0.3) is 0 Å². The average molecular weight is 347 g/mol. The van der Waals surface area contributed by atoms with E-state index in [2.05, 4.69) is 25.8 Å². The SMILES string of the molecule is Nc1cc(-c2ccc(Br)cc2)nc(N2CCCCCC2)n1. The van der Waals surface area contributed by atoms with Crippen LogP contribution in [-0.2, 0) is 0 Å². The molecule has 0 unspecified atom stereocenters. The lowest BCUT2D eigenvalue weighted by Crippen LogP contribution is -2.26. The van der Waals surface area contributed by atoms with E-state index in [1.165, 1.54) is 25.7 Å². The van der Waals surface area contributed by atoms with Crippen molar-refractivity contribution >= 4 is 27.7 Å². The summed E-state index contributed by atoms with van der Waals surface area (Å²) in [5, 5.41) is 0. The van der Waals surface area contributed by atoms with Crippen molar-refractivity contribution in [3.8, 4) is 11.3 Å². The standard InChI is InChI=1S/C16H19BrN4/c17-13-7-5-12(6-8-13)14-11-15(18)20-16(19-14)21-9-3-1-2-4-10-21/h5-8,11H,1-4,9-10H2,(H2,18,19,20). The Morgan fingerprint density at radius 1 is 0.952 bits per heavy atom. The molecule has 3 rings (SSSR count). The topological polar surface area (TPSA) is 55.0 Å². The molecule has 0 amide bonds. The fourth-order valence-corrected chi connectivity index (χ4v) is 2.90. The van der Waals surface area contributed by atoms with Gasteiger partial charge >= 0.3 is 0 Å². The molecule has 2 N–H and O–H groups in total. The van der Waals surface area contributed by atoms with Crippen molar-refractivity contribution in [3.63, 3.8) is 0 Å². The number of nitrogens with two attached hydrogens (primary N) is 1. The van der Waals surface area contributed by atoms with Crippen LogP contribution in [0.2, 0.25) is 0 Å². The highest BCUT2D eigenvalue weighted by atomic mass is 79.9. The Morgan fingerprint density at radius 3 is 2.29 bits per heavy atom. The molecule has 5 heteroatoms. The lowest BCUT2D eigenvalue weighted by Gasteiger charge is -2.21. The molecule has 0 spiro atoms. The molecule has 110 valence electrons. The summed E-state index contributed by atoms with van der Waals surface area (Å²) in [7, 11) is 0. The van der Waals surface area contributed by atoms with Gasteiger partial charge in [0.05, 0.1) is 5.69 Å². The fourth-order valence-electron chi connectivity index (χ4n) is 2.63. The highest BCUT2D eigenvalue weighted by molar-refractivity contribution is 9.10. The van der Waals surface area contributed by atoms with E-state index in [0.29, 0.717) is 5.82 Å². The van der Waals surface area contributed by atoms with Gasteiger partial charge in [-0.2, -0.15) is 4.98 Å². The second kappa shape index (κ2) is 6.43. The van der Waals surface area contributed by atoms with Crippen molar-refractivity contribution in [1.29, 1.82) is 0 Å². The summed E-state index contributed by atoms with van der Waals surface area (Å²) in [5.74, 6) is 1.29. The predicted octanol–water partition coefficient (Wildman–Crippen LogP) is 3.87. The molecular formula is C16H19BrN4. The van der Waals surface area contributed by atoms with Crippen LogP contribution in [0, 0.1) is 0 Å². The number of benzene rings is 1. The molecule has 21 heavy (non-hydrogen) atoms. The second-order valence-electron chi connectivity index (χ2n) is 5.39. The third kappa shape index (κ3) is 3.53. The zero-order valence-corrected chi connectivity index (χ0v) is 13.5. The number of hydrogen-bond acceptors (Lipinski definition) is 4. The molecule has 1 aromatic heterocycles. The van der Waals surface area contributed by atoms with Crippen LogP contribution >= 0.6 is 15.9 Å². The van der Waals surface area contributed by atoms with Gasteiger partial charge in [0.1, 0.15) is 5.82 Å². The molecule has 0 aliphatic carbocycles. The number of halogens is 1. The van der Waals surface area contributed by atoms with Crippen LogP contribution in [-0.4, -0.2) is 23.1 Å². The van der Waals surface area contributed by atoms with Crippen molar-refractivity contribution in [3.05, 3.63) is 34.8 Å². The van der Waals surface area contributed by atoms with Gasteiger partial charge in [-0.3, -0.25) is 0 Å². The highest BCUT2D eigenvalue weighted by Gasteiger charge is 2.14. The first kappa shape index (κ1) is 14.3. The molecule has 4 nitrogen and oxygen atoms in total. The molecule has 1 aliphatic rings. The molecule has 1 aromatic carbocycles. The summed E-state index contributed by atoms with van der Waals surface area (Å²) in [6, 6.07) is 9.94. The monoisotopic (exact) mass is 346 g/mol. The first-order chi connectivity index (χ1) is 10.2. The lowest BCUT2D eigenvalue weighted by molar-refractivity contribution is 0.726. The van der Waals surface area contributed by atoms with Crippen LogP contribution in [0.1, 0.15) is 25.7 Å². The number of hydrogen-bond donors (Lipinski definition) is 1. The van der Waals surface area contributed by atoms with Gasteiger partial charge in [-0.1, -0.05) is 40.9 Å². The molecule has 1 fully saturated rings. The van der Waals surface area contributed by atoms with E-state index in [1.54, 1.807) is 0 Å². The minimum atomic E-state index is 0.530. The van der Waals surface area contributed by atoms with Crippen molar-refractivity contribution in [1.82, 2.24) is 9.97 Å². The molecule has 2 aromatic rings. The number of rotatable bonds is 2. The summed E-state index contributed by atoms with van der Waals surface area (Å²) >= 11 is 3.45. The number of anilines is 2. The minimum Gasteiger partial charge on any atom is -0.384 e. The lowest BCUT2D eigenvalue weighted by atomic mass is 10.1. The highest BCUT2D eigenvalue weighted by Crippen LogP contribution is 2.24. The molecule has 1 aliphatic heterocycles. The number of nitrogen functional groups attached to an aromatic ring is 1. The van der Waals surface area contributed by atoms with Crippen LogP contribution in [0.3, 0.4) is 0 Å². The van der Waals surface area contributed by atoms with Gasteiger partial charge in [-0.05, 0) is 25.0 Å². The maximum atomic E-state index is 5.99. The largest absolute Gasteiger partial charge is 0.384 e. The van der Waals surface area contributed by atoms with E-state index in [1.807, 2.05) is 30.3 Å². The van der Waals surface area contributed by atoms with Crippen molar-refractivity contribution in [2.75, 3.05) is 23.7 Å². The third-order valence-corrected chi connectivity index (χ3v) is 4.29. The van der Waals surface area contributed by atoms with Crippen molar-refractivity contribution in [2.24, 2.45) is 0 Å². The fraction of sp³-hybridized carbons (Fsp3) is 0.375. The second-order valence-corrected chi connectivity index (χ2v) is 6.30. The summed E-state index contributed by atoms with van der Waals surface area (Å²) in [4.78, 5) is 11.4. The molecule has 0 atom stereocenters. The Kier molecular flexibility index (Phi) is 4.39. The maximum absolute atomic E-state index is 5.99. The molecule has 2 heterocycles. The Hall–Kier alpha value is -1.62. The van der Waals surface area contributed by atoms with Gasteiger partial charge in [0, 0.05) is 29.2 Å². The molecular weight excluding hydrogens is 328 g/mol. The van der Waals surface area contributed by atoms with E-state index in [-0.39, 0.29) is 0 Å². The van der Waals surface area contributed by atoms with E-state index in [4.69, 9.17) is 10.7 Å². The minimum absolute atomic E-state index is 0.530. The van der Waals surface area contributed by atoms with Gasteiger partial charge in [0.2, 0.25) is 5.95 Å². The van der Waals surface area contributed by atoms with Crippen molar-refractivity contribution in [2.45, 2.75) is 25.7 Å². The van der Waals surface area contributed by atoms with Crippen LogP contribution in [0.15, 0.2) is 34.8 Å². The van der Waals surface area contributed by atoms with Gasteiger partial charge < -0.3 is 10.6 Å². The Labute approximate surface area is 133 Å². The van der Waals surface area contributed by atoms with Crippen LogP contribution in [0.4, 0.5) is 11.8 Å². The van der Waals surface area contributed by atoms with Crippen LogP contribution < -0.4 is 10.6 Å². The van der Waals surface area contributed by atoms with E-state index < -0.39 is 0 Å². The summed E-state index contributed by atoms with van der Waals surface area (Å²) in [6.07, 6.45) is 4.98. The summed E-state index contributed by atoms with van der Waals surface area (Å²) in [6.45, 7) is 2.03. The molecule has 0 radical (unpaired) electrons. The van der Waals surface area contributed by atoms with E-state index in [0.717, 1.165) is 34.8 Å². The number of nitrogens with zero attached hydrogens (tertiary/aromatic N) is 3. The van der Waals surface area contributed by atoms with Crippen LogP contribution in [0.25, 0.3) is 11.3 Å². The Morgan fingerprint density at radius 2 is 1.62 bits per heavy atom. The van der Waals surface area contributed by atoms with Crippen LogP contribution in [0.5, 0.6) is 0 Å². The summed E-state index contributed by atoms with van der Waals surface area (Å²) in [5.41, 5.74) is 7.93. The average Bonchev–Trinajstić information content (AvgIpc) is 2.76. The molecule has 0 bridgehead atoms. The van der Waals surface area contributed by atoms with Gasteiger partial charge in [0.15, 0.2) is 0 Å². The van der Waals surface area contributed by atoms with Gasteiger partial charge in [-0.25, -0.2) is 4.98 Å². The third-order valence-electron chi connectivity index (χ3n) is 3.76. The Bertz CT molecular complexity index is 604. The quantitative estimate of drug-likeness (QED) is 0.896. The predicted molar refractivity (Wildman–Crippen MR) is 90.3 cm³/mol. The first-order valence-electron chi connectivity index (χ1n) is 7.38. The van der Waals surface area contributed by atoms with Gasteiger partial charge in [-0.15, -0.1) is 0 Å². The zero-order valence-electron chi connectivity index (χ0n) is 11.9. The summed E-state index contributed by atoms with van der Waals surface area (Å²) < 4.78 is 1.06. The van der Waals surface area contributed by atoms with E-state index >= 15 is 0 Å². The molecule has 0 saturated carbocycles. The Balaban J connectivity index is 1.93. The normalized spacial score (nSPS) is 15.8. The number of aromatic nitrogens is 2. The maximum Gasteiger partial charge on any atom is 0.227 e. The molecule has 1 saturated heterocycles. The van der Waals surface area contributed by atoms with Crippen molar-refractivity contribution < 1.29 is 0 Å².